The van der Waals surface area contributed by atoms with E-state index in [-0.39, 0.29) is 36.4 Å². The summed E-state index contributed by atoms with van der Waals surface area (Å²) >= 11 is 1.33. The molecule has 1 unspecified atom stereocenters. The van der Waals surface area contributed by atoms with Crippen molar-refractivity contribution in [2.24, 2.45) is 0 Å². The lowest BCUT2D eigenvalue weighted by Crippen LogP contribution is -2.45. The van der Waals surface area contributed by atoms with Crippen molar-refractivity contribution in [3.05, 3.63) is 121 Å². The fourth-order valence-electron chi connectivity index (χ4n) is 8.25. The highest BCUT2D eigenvalue weighted by molar-refractivity contribution is 7.19. The number of ether oxygens (including phenoxy) is 2. The number of amides is 1. The molecule has 320 valence electrons. The fraction of sp³-hybridized carbons (Fsp3) is 0.395. The topological polar surface area (TPSA) is 165 Å². The number of fused-ring (bicyclic) bond motifs is 2. The van der Waals surface area contributed by atoms with E-state index in [1.807, 2.05) is 12.1 Å². The minimum Gasteiger partial charge on any atom is -0.463 e. The number of halogens is 4. The van der Waals surface area contributed by atoms with Crippen LogP contribution in [-0.2, 0) is 33.3 Å². The number of H-pyrrole nitrogens is 1. The van der Waals surface area contributed by atoms with Crippen LogP contribution in [-0.4, -0.2) is 61.9 Å². The van der Waals surface area contributed by atoms with E-state index in [0.29, 0.717) is 82.3 Å². The third-order valence-corrected chi connectivity index (χ3v) is 12.0. The van der Waals surface area contributed by atoms with Gasteiger partial charge in [0.2, 0.25) is 5.89 Å². The highest BCUT2D eigenvalue weighted by Gasteiger charge is 2.45. The second-order valence-corrected chi connectivity index (χ2v) is 17.2. The molecule has 3 atom stereocenters. The number of allylic oxidation sites excluding steroid dienone is 2. The number of likely N-dealkylation sites (tertiary alicyclic amines) is 1. The number of nitrogens with one attached hydrogen (secondary N) is 3. The van der Waals surface area contributed by atoms with Crippen LogP contribution < -0.4 is 16.4 Å². The number of aromatic amines is 1. The molecule has 1 saturated heterocycles. The standard InChI is InChI=1S/C43H43F4N7O6S/c1-5-58-39(55)34-33(30-21-23-18-19-48-37(36(23)61-30)51-27-16-15-26-25(27)13-17-31(49-26)43(45,46)47)32(38-52-53-40(56)59-38)28(14-10-22-8-11-24(44)12-9-22)50-35(34)29-7-6-20-54(29)41(57)60-42(2,3)4/h8-9,11-13,17-19,21,27,29,33,50H,5-7,10,14-16,20H2,1-4H3,(H,48,51)(H,53,56)/t27-,29+,33?/m1/s1. The maximum atomic E-state index is 14.5. The molecule has 4 aromatic heterocycles. The molecule has 1 aromatic carbocycles. The monoisotopic (exact) mass is 861 g/mol. The second-order valence-electron chi connectivity index (χ2n) is 16.1. The van der Waals surface area contributed by atoms with E-state index >= 15 is 0 Å². The van der Waals surface area contributed by atoms with Crippen molar-refractivity contribution in [1.82, 2.24) is 30.4 Å². The largest absolute Gasteiger partial charge is 0.463 e. The number of aryl methyl sites for hydroxylation is 2. The molecule has 0 bridgehead atoms. The van der Waals surface area contributed by atoms with Crippen molar-refractivity contribution in [3.8, 4) is 0 Å². The lowest BCUT2D eigenvalue weighted by molar-refractivity contribution is -0.141. The molecule has 6 heterocycles. The molecule has 1 amide bonds. The third-order valence-electron chi connectivity index (χ3n) is 10.8. The van der Waals surface area contributed by atoms with E-state index in [1.54, 1.807) is 50.9 Å². The normalized spacial score (nSPS) is 19.3. The summed E-state index contributed by atoms with van der Waals surface area (Å²) in [6.45, 7) is 7.42. The van der Waals surface area contributed by atoms with Gasteiger partial charge in [0.15, 0.2) is 0 Å². The molecule has 0 saturated carbocycles. The molecule has 2 aliphatic heterocycles. The van der Waals surface area contributed by atoms with Crippen LogP contribution in [0.1, 0.15) is 98.6 Å². The van der Waals surface area contributed by atoms with Crippen LogP contribution in [0.3, 0.4) is 0 Å². The third kappa shape index (κ3) is 8.63. The Labute approximate surface area is 351 Å². The van der Waals surface area contributed by atoms with Crippen LogP contribution in [0.4, 0.5) is 28.2 Å². The minimum absolute atomic E-state index is 0.0311. The molecule has 61 heavy (non-hydrogen) atoms. The van der Waals surface area contributed by atoms with E-state index < -0.39 is 47.2 Å². The average molecular weight is 862 g/mol. The Morgan fingerprint density at radius 3 is 2.56 bits per heavy atom. The van der Waals surface area contributed by atoms with Crippen LogP contribution in [0.25, 0.3) is 15.7 Å². The zero-order valence-corrected chi connectivity index (χ0v) is 34.6. The van der Waals surface area contributed by atoms with E-state index in [1.165, 1.54) is 29.5 Å². The summed E-state index contributed by atoms with van der Waals surface area (Å²) in [5.74, 6) is -2.44. The van der Waals surface area contributed by atoms with Gasteiger partial charge in [0.1, 0.15) is 22.9 Å². The van der Waals surface area contributed by atoms with Gasteiger partial charge < -0.3 is 24.5 Å². The summed E-state index contributed by atoms with van der Waals surface area (Å²) < 4.78 is 72.4. The average Bonchev–Trinajstić information content (AvgIpc) is 4.03. The van der Waals surface area contributed by atoms with Crippen LogP contribution in [0, 0.1) is 5.82 Å². The molecule has 13 nitrogen and oxygen atoms in total. The van der Waals surface area contributed by atoms with Crippen LogP contribution >= 0.6 is 11.3 Å². The number of dihydropyridines is 1. The number of thiophene rings is 1. The summed E-state index contributed by atoms with van der Waals surface area (Å²) in [6, 6.07) is 11.2. The van der Waals surface area contributed by atoms with Crippen LogP contribution in [0.5, 0.6) is 0 Å². The van der Waals surface area contributed by atoms with E-state index in [9.17, 15) is 31.9 Å². The van der Waals surface area contributed by atoms with Gasteiger partial charge in [-0.05, 0) is 113 Å². The fourth-order valence-corrected chi connectivity index (χ4v) is 9.47. The first-order valence-corrected chi connectivity index (χ1v) is 20.8. The lowest BCUT2D eigenvalue weighted by Gasteiger charge is -2.37. The molecular weight excluding hydrogens is 819 g/mol. The molecule has 1 fully saturated rings. The SMILES string of the molecule is CCOC(=O)C1=C([C@@H]2CCCN2C(=O)OC(C)(C)C)NC(CCc2ccc(F)cc2)=C(c2n[nH]c(=O)o2)C1c1cc2ccnc(N[C@@H]3CCc4nc(C(F)(F)F)ccc43)c2s1. The Kier molecular flexibility index (Phi) is 11.2. The van der Waals surface area contributed by atoms with Crippen molar-refractivity contribution in [3.63, 3.8) is 0 Å². The number of rotatable bonds is 10. The maximum absolute atomic E-state index is 14.5. The van der Waals surface area contributed by atoms with Crippen LogP contribution in [0.15, 0.2) is 80.9 Å². The molecule has 3 N–H and O–H groups in total. The number of hydrogen-bond acceptors (Lipinski definition) is 12. The van der Waals surface area contributed by atoms with Crippen molar-refractivity contribution in [1.29, 1.82) is 0 Å². The van der Waals surface area contributed by atoms with E-state index in [4.69, 9.17) is 13.9 Å². The second kappa shape index (κ2) is 16.4. The highest BCUT2D eigenvalue weighted by Crippen LogP contribution is 2.50. The zero-order valence-electron chi connectivity index (χ0n) is 33.7. The molecule has 1 aliphatic carbocycles. The zero-order chi connectivity index (χ0) is 43.2. The molecule has 3 aliphatic rings. The number of hydrogen-bond donors (Lipinski definition) is 3. The van der Waals surface area contributed by atoms with E-state index in [0.717, 1.165) is 17.0 Å². The quantitative estimate of drug-likeness (QED) is 0.0910. The molecule has 8 rings (SSSR count). The van der Waals surface area contributed by atoms with Crippen molar-refractivity contribution in [2.75, 3.05) is 18.5 Å². The van der Waals surface area contributed by atoms with Crippen molar-refractivity contribution < 1.29 is 41.0 Å². The van der Waals surface area contributed by atoms with Gasteiger partial charge in [-0.3, -0.25) is 4.90 Å². The van der Waals surface area contributed by atoms with Crippen LogP contribution in [0.2, 0.25) is 0 Å². The predicted octanol–water partition coefficient (Wildman–Crippen LogP) is 8.57. The first kappa shape index (κ1) is 41.7. The van der Waals surface area contributed by atoms with Crippen molar-refractivity contribution >= 4 is 44.9 Å². The lowest BCUT2D eigenvalue weighted by atomic mass is 9.81. The summed E-state index contributed by atoms with van der Waals surface area (Å²) in [6.07, 6.45) is -0.858. The van der Waals surface area contributed by atoms with Gasteiger partial charge in [-0.1, -0.05) is 18.2 Å². The molecule has 0 spiro atoms. The number of pyridine rings is 2. The molecular formula is C43H43F4N7O6S. The number of carbonyl (C=O) groups excluding carboxylic acids is 2. The van der Waals surface area contributed by atoms with Gasteiger partial charge in [0.05, 0.1) is 34.9 Å². The Balaban J connectivity index is 1.28. The molecule has 5 aromatic rings. The van der Waals surface area contributed by atoms with E-state index in [2.05, 4.69) is 30.8 Å². The highest BCUT2D eigenvalue weighted by atomic mass is 32.1. The summed E-state index contributed by atoms with van der Waals surface area (Å²) in [4.78, 5) is 51.7. The summed E-state index contributed by atoms with van der Waals surface area (Å²) in [7, 11) is 0. The number of aromatic nitrogens is 4. The summed E-state index contributed by atoms with van der Waals surface area (Å²) in [5, 5.41) is 14.3. The van der Waals surface area contributed by atoms with Gasteiger partial charge in [-0.25, -0.2) is 33.8 Å². The first-order chi connectivity index (χ1) is 29.1. The number of alkyl halides is 3. The number of benzene rings is 1. The Morgan fingerprint density at radius 2 is 1.85 bits per heavy atom. The first-order valence-electron chi connectivity index (χ1n) is 20.0. The maximum Gasteiger partial charge on any atom is 0.434 e. The van der Waals surface area contributed by atoms with Gasteiger partial charge in [-0.15, -0.1) is 16.4 Å². The van der Waals surface area contributed by atoms with Gasteiger partial charge in [0.25, 0.3) is 0 Å². The van der Waals surface area contributed by atoms with Gasteiger partial charge >= 0.3 is 24.0 Å². The summed E-state index contributed by atoms with van der Waals surface area (Å²) in [5.41, 5.74) is 1.62. The smallest absolute Gasteiger partial charge is 0.434 e. The minimum atomic E-state index is -4.56. The molecule has 18 heteroatoms. The Morgan fingerprint density at radius 1 is 1.07 bits per heavy atom. The Bertz CT molecular complexity index is 2610. The van der Waals surface area contributed by atoms with Gasteiger partial charge in [0, 0.05) is 40.3 Å². The number of carbonyl (C=O) groups is 2. The number of esters is 1. The Hall–Kier alpha value is -6.04. The molecule has 0 radical (unpaired) electrons. The number of nitrogens with zero attached hydrogens (tertiary/aromatic N) is 4. The predicted molar refractivity (Wildman–Crippen MR) is 218 cm³/mol. The number of anilines is 1. The van der Waals surface area contributed by atoms with Gasteiger partial charge in [-0.2, -0.15) is 13.2 Å². The van der Waals surface area contributed by atoms with Crippen molar-refractivity contribution in [2.45, 2.75) is 96.0 Å².